The Morgan fingerprint density at radius 2 is 2.31 bits per heavy atom. The van der Waals surface area contributed by atoms with Crippen LogP contribution < -0.4 is 0 Å². The zero-order chi connectivity index (χ0) is 9.26. The van der Waals surface area contributed by atoms with Gasteiger partial charge in [0.2, 0.25) is 0 Å². The molecule has 2 aromatic heterocycles. The molecule has 0 radical (unpaired) electrons. The van der Waals surface area contributed by atoms with E-state index in [0.717, 1.165) is 9.88 Å². The molecule has 2 aromatic rings. The third-order valence-corrected chi connectivity index (χ3v) is 3.29. The van der Waals surface area contributed by atoms with Crippen LogP contribution in [0.1, 0.15) is 17.4 Å². The van der Waals surface area contributed by atoms with E-state index in [1.165, 1.54) is 29.6 Å². The average Bonchev–Trinajstić information content (AvgIpc) is 2.75. The summed E-state index contributed by atoms with van der Waals surface area (Å²) in [6.45, 7) is 1.52. The molecule has 0 aliphatic heterocycles. The Labute approximate surface area is 83.1 Å². The predicted molar refractivity (Wildman–Crippen MR) is 53.2 cm³/mol. The minimum atomic E-state index is 0.00650. The molecule has 5 heteroatoms. The summed E-state index contributed by atoms with van der Waals surface area (Å²) in [5.41, 5.74) is 2.29. The van der Waals surface area contributed by atoms with Gasteiger partial charge in [0.15, 0.2) is 5.78 Å². The first kappa shape index (κ1) is 8.52. The summed E-state index contributed by atoms with van der Waals surface area (Å²) < 4.78 is 0. The van der Waals surface area contributed by atoms with Gasteiger partial charge in [-0.25, -0.2) is 4.98 Å². The number of aromatic nitrogens is 2. The maximum absolute atomic E-state index is 11.0. The number of carbonyl (C=O) groups is 1. The van der Waals surface area contributed by atoms with Crippen molar-refractivity contribution in [3.63, 3.8) is 0 Å². The number of rotatable bonds is 2. The van der Waals surface area contributed by atoms with Gasteiger partial charge in [-0.3, -0.25) is 9.78 Å². The van der Waals surface area contributed by atoms with Crippen LogP contribution in [-0.4, -0.2) is 15.8 Å². The second kappa shape index (κ2) is 3.35. The summed E-state index contributed by atoms with van der Waals surface area (Å²) in [4.78, 5) is 20.1. The van der Waals surface area contributed by atoms with E-state index < -0.39 is 0 Å². The second-order valence-corrected chi connectivity index (χ2v) is 4.20. The predicted octanol–water partition coefficient (Wildman–Crippen LogP) is 2.47. The molecule has 0 unspecified atom stereocenters. The summed E-state index contributed by atoms with van der Waals surface area (Å²) in [6, 6.07) is 0. The van der Waals surface area contributed by atoms with E-state index in [1.807, 2.05) is 0 Å². The third kappa shape index (κ3) is 1.66. The molecule has 0 spiro atoms. The lowest BCUT2D eigenvalue weighted by molar-refractivity contribution is 0.101. The third-order valence-electron chi connectivity index (χ3n) is 1.51. The summed E-state index contributed by atoms with van der Waals surface area (Å²) in [5.74, 6) is 0.00650. The van der Waals surface area contributed by atoms with Crippen LogP contribution in [0, 0.1) is 0 Å². The van der Waals surface area contributed by atoms with Gasteiger partial charge < -0.3 is 0 Å². The van der Waals surface area contributed by atoms with Gasteiger partial charge >= 0.3 is 0 Å². The van der Waals surface area contributed by atoms with Crippen molar-refractivity contribution in [2.24, 2.45) is 0 Å². The maximum atomic E-state index is 11.0. The topological polar surface area (TPSA) is 42.9 Å². The highest BCUT2D eigenvalue weighted by molar-refractivity contribution is 7.20. The first-order chi connectivity index (χ1) is 6.27. The molecule has 0 saturated carbocycles. The Kier molecular flexibility index (Phi) is 2.20. The highest BCUT2D eigenvalue weighted by atomic mass is 32.1. The van der Waals surface area contributed by atoms with Crippen LogP contribution in [0.4, 0.5) is 0 Å². The molecule has 66 valence electrons. The SMILES string of the molecule is CC(=O)c1csc(-c2cncs2)n1. The standard InChI is InChI=1S/C8H6N2OS2/c1-5(11)6-3-12-8(10-6)7-2-9-4-13-7/h2-4H,1H3. The lowest BCUT2D eigenvalue weighted by Crippen LogP contribution is -1.90. The quantitative estimate of drug-likeness (QED) is 0.715. The highest BCUT2D eigenvalue weighted by Gasteiger charge is 2.08. The Balaban J connectivity index is 2.39. The smallest absolute Gasteiger partial charge is 0.178 e. The van der Waals surface area contributed by atoms with Crippen molar-refractivity contribution >= 4 is 28.5 Å². The van der Waals surface area contributed by atoms with Crippen LogP contribution in [0.25, 0.3) is 9.88 Å². The molecular formula is C8H6N2OS2. The number of hydrogen-bond donors (Lipinski definition) is 0. The second-order valence-electron chi connectivity index (χ2n) is 2.46. The Morgan fingerprint density at radius 1 is 1.46 bits per heavy atom. The highest BCUT2D eigenvalue weighted by Crippen LogP contribution is 2.26. The first-order valence-electron chi connectivity index (χ1n) is 3.62. The number of nitrogens with zero attached hydrogens (tertiary/aromatic N) is 2. The lowest BCUT2D eigenvalue weighted by Gasteiger charge is -1.85. The largest absolute Gasteiger partial charge is 0.293 e. The summed E-state index contributed by atoms with van der Waals surface area (Å²) >= 11 is 3.00. The summed E-state index contributed by atoms with van der Waals surface area (Å²) in [5, 5.41) is 2.64. The van der Waals surface area contributed by atoms with Crippen LogP contribution in [0.2, 0.25) is 0 Å². The molecule has 13 heavy (non-hydrogen) atoms. The molecule has 0 atom stereocenters. The van der Waals surface area contributed by atoms with E-state index in [4.69, 9.17) is 0 Å². The van der Waals surface area contributed by atoms with Gasteiger partial charge in [0.1, 0.15) is 10.7 Å². The molecule has 0 amide bonds. The zero-order valence-electron chi connectivity index (χ0n) is 6.85. The van der Waals surface area contributed by atoms with E-state index in [2.05, 4.69) is 9.97 Å². The van der Waals surface area contributed by atoms with E-state index in [1.54, 1.807) is 17.1 Å². The van der Waals surface area contributed by atoms with Crippen LogP contribution in [0.15, 0.2) is 17.1 Å². The number of ketones is 1. The molecule has 0 aliphatic carbocycles. The molecule has 0 bridgehead atoms. The van der Waals surface area contributed by atoms with Crippen molar-refractivity contribution in [2.75, 3.05) is 0 Å². The molecule has 0 saturated heterocycles. The monoisotopic (exact) mass is 210 g/mol. The van der Waals surface area contributed by atoms with Gasteiger partial charge in [-0.05, 0) is 0 Å². The van der Waals surface area contributed by atoms with Crippen LogP contribution in [0.5, 0.6) is 0 Å². The molecule has 0 aliphatic rings. The minimum Gasteiger partial charge on any atom is -0.293 e. The van der Waals surface area contributed by atoms with Crippen LogP contribution in [-0.2, 0) is 0 Å². The average molecular weight is 210 g/mol. The molecule has 2 rings (SSSR count). The number of Topliss-reactive ketones (excluding diaryl/α,β-unsaturated/α-hetero) is 1. The molecule has 3 nitrogen and oxygen atoms in total. The number of carbonyl (C=O) groups excluding carboxylic acids is 1. The zero-order valence-corrected chi connectivity index (χ0v) is 8.48. The van der Waals surface area contributed by atoms with Crippen LogP contribution in [0.3, 0.4) is 0 Å². The molecular weight excluding hydrogens is 204 g/mol. The normalized spacial score (nSPS) is 10.2. The Morgan fingerprint density at radius 3 is 2.85 bits per heavy atom. The molecule has 2 heterocycles. The molecule has 0 N–H and O–H groups in total. The van der Waals surface area contributed by atoms with E-state index >= 15 is 0 Å². The van der Waals surface area contributed by atoms with Gasteiger partial charge in [0, 0.05) is 18.5 Å². The fraction of sp³-hybridized carbons (Fsp3) is 0.125. The lowest BCUT2D eigenvalue weighted by atomic mass is 10.3. The Bertz CT molecular complexity index is 419. The van der Waals surface area contributed by atoms with Crippen molar-refractivity contribution in [2.45, 2.75) is 6.92 Å². The van der Waals surface area contributed by atoms with Crippen LogP contribution >= 0.6 is 22.7 Å². The van der Waals surface area contributed by atoms with Gasteiger partial charge in [-0.2, -0.15) is 0 Å². The first-order valence-corrected chi connectivity index (χ1v) is 5.38. The summed E-state index contributed by atoms with van der Waals surface area (Å²) in [7, 11) is 0. The van der Waals surface area contributed by atoms with Gasteiger partial charge in [-0.15, -0.1) is 22.7 Å². The minimum absolute atomic E-state index is 0.00650. The molecule has 0 aromatic carbocycles. The van der Waals surface area contributed by atoms with Crippen molar-refractivity contribution < 1.29 is 4.79 Å². The van der Waals surface area contributed by atoms with Crippen molar-refractivity contribution in [3.05, 3.63) is 22.8 Å². The fourth-order valence-corrected chi connectivity index (χ4v) is 2.42. The van der Waals surface area contributed by atoms with E-state index in [9.17, 15) is 4.79 Å². The van der Waals surface area contributed by atoms with E-state index in [-0.39, 0.29) is 5.78 Å². The van der Waals surface area contributed by atoms with Crippen molar-refractivity contribution in [3.8, 4) is 9.88 Å². The number of thiazole rings is 2. The fourth-order valence-electron chi connectivity index (χ4n) is 0.870. The molecule has 0 fully saturated rings. The maximum Gasteiger partial charge on any atom is 0.178 e. The summed E-state index contributed by atoms with van der Waals surface area (Å²) in [6.07, 6.45) is 1.76. The number of hydrogen-bond acceptors (Lipinski definition) is 5. The van der Waals surface area contributed by atoms with E-state index in [0.29, 0.717) is 5.69 Å². The van der Waals surface area contributed by atoms with Gasteiger partial charge in [0.25, 0.3) is 0 Å². The van der Waals surface area contributed by atoms with Gasteiger partial charge in [0.05, 0.1) is 10.4 Å². The Hall–Kier alpha value is -1.07. The van der Waals surface area contributed by atoms with Crippen molar-refractivity contribution in [1.82, 2.24) is 9.97 Å². The van der Waals surface area contributed by atoms with Crippen molar-refractivity contribution in [1.29, 1.82) is 0 Å². The van der Waals surface area contributed by atoms with Gasteiger partial charge in [-0.1, -0.05) is 0 Å².